The zero-order valence-electron chi connectivity index (χ0n) is 14.6. The van der Waals surface area contributed by atoms with Crippen molar-refractivity contribution in [2.24, 2.45) is 0 Å². The fourth-order valence-corrected chi connectivity index (χ4v) is 3.72. The molecule has 0 atom stereocenters. The number of esters is 1. The number of rotatable bonds is 7. The molecular formula is C19H19FN2O4S. The maximum Gasteiger partial charge on any atom is 0.338 e. The zero-order chi connectivity index (χ0) is 19.2. The first kappa shape index (κ1) is 19.2. The van der Waals surface area contributed by atoms with Crippen molar-refractivity contribution >= 4 is 29.1 Å². The van der Waals surface area contributed by atoms with Gasteiger partial charge in [-0.15, -0.1) is 11.8 Å². The van der Waals surface area contributed by atoms with E-state index in [2.05, 4.69) is 0 Å². The van der Waals surface area contributed by atoms with E-state index in [9.17, 15) is 19.3 Å². The summed E-state index contributed by atoms with van der Waals surface area (Å²) in [6, 6.07) is 10.8. The van der Waals surface area contributed by atoms with Crippen LogP contribution in [0, 0.1) is 15.9 Å². The Hall–Kier alpha value is -2.61. The van der Waals surface area contributed by atoms with E-state index < -0.39 is 10.9 Å². The number of hydrogen-bond donors (Lipinski definition) is 0. The molecule has 1 aliphatic heterocycles. The number of nitro groups is 1. The lowest BCUT2D eigenvalue weighted by atomic mass is 10.1. The minimum absolute atomic E-state index is 0.0828. The summed E-state index contributed by atoms with van der Waals surface area (Å²) in [4.78, 5) is 25.5. The lowest BCUT2D eigenvalue weighted by Crippen LogP contribution is -2.19. The molecule has 1 fully saturated rings. The van der Waals surface area contributed by atoms with E-state index in [0.29, 0.717) is 16.3 Å². The maximum absolute atomic E-state index is 13.5. The Morgan fingerprint density at radius 2 is 1.96 bits per heavy atom. The number of ether oxygens (including phenoxy) is 1. The number of thioether (sulfide) groups is 1. The molecule has 0 amide bonds. The monoisotopic (exact) mass is 390 g/mol. The van der Waals surface area contributed by atoms with Crippen LogP contribution < -0.4 is 4.90 Å². The fraction of sp³-hybridized carbons (Fsp3) is 0.316. The number of nitrogens with zero attached hydrogens (tertiary/aromatic N) is 2. The van der Waals surface area contributed by atoms with Gasteiger partial charge in [-0.1, -0.05) is 12.1 Å². The van der Waals surface area contributed by atoms with Crippen LogP contribution in [0.15, 0.2) is 47.4 Å². The number of anilines is 1. The maximum atomic E-state index is 13.5. The Morgan fingerprint density at radius 1 is 1.22 bits per heavy atom. The Balaban J connectivity index is 1.60. The molecule has 0 aromatic heterocycles. The normalized spacial score (nSPS) is 13.6. The van der Waals surface area contributed by atoms with Gasteiger partial charge in [0.1, 0.15) is 18.1 Å². The predicted octanol–water partition coefficient (Wildman–Crippen LogP) is 4.28. The molecular weight excluding hydrogens is 371 g/mol. The molecule has 142 valence electrons. The molecule has 0 spiro atoms. The lowest BCUT2D eigenvalue weighted by molar-refractivity contribution is -0.384. The summed E-state index contributed by atoms with van der Waals surface area (Å²) in [5.74, 6) is -0.553. The highest BCUT2D eigenvalue weighted by Crippen LogP contribution is 2.32. The van der Waals surface area contributed by atoms with E-state index in [1.54, 1.807) is 30.3 Å². The highest BCUT2D eigenvalue weighted by atomic mass is 32.2. The van der Waals surface area contributed by atoms with Crippen molar-refractivity contribution in [2.45, 2.75) is 17.7 Å². The molecule has 0 bridgehead atoms. The standard InChI is InChI=1S/C19H19FN2O4S/c20-15-5-1-2-6-18(15)27-12-11-26-19(23)14-7-8-16(17(13-14)22(24)25)21-9-3-4-10-21/h1-2,5-8,13H,3-4,9-12H2. The molecule has 1 aliphatic rings. The minimum Gasteiger partial charge on any atom is -0.461 e. The van der Waals surface area contributed by atoms with Crippen molar-refractivity contribution in [2.75, 3.05) is 30.3 Å². The molecule has 0 N–H and O–H groups in total. The number of carbonyl (C=O) groups excluding carboxylic acids is 1. The first-order valence-electron chi connectivity index (χ1n) is 8.64. The van der Waals surface area contributed by atoms with E-state index in [0.717, 1.165) is 25.9 Å². The number of halogens is 1. The van der Waals surface area contributed by atoms with Crippen LogP contribution in [-0.2, 0) is 4.74 Å². The van der Waals surface area contributed by atoms with Crippen molar-refractivity contribution in [3.05, 3.63) is 64.0 Å². The van der Waals surface area contributed by atoms with Gasteiger partial charge < -0.3 is 9.64 Å². The summed E-state index contributed by atoms with van der Waals surface area (Å²) in [7, 11) is 0. The van der Waals surface area contributed by atoms with E-state index >= 15 is 0 Å². The molecule has 2 aromatic carbocycles. The zero-order valence-corrected chi connectivity index (χ0v) is 15.4. The SMILES string of the molecule is O=C(OCCSc1ccccc1F)c1ccc(N2CCCC2)c([N+](=O)[O-])c1. The van der Waals surface area contributed by atoms with Gasteiger partial charge in [-0.2, -0.15) is 0 Å². The van der Waals surface area contributed by atoms with Crippen LogP contribution in [0.25, 0.3) is 0 Å². The number of nitro benzene ring substituents is 1. The molecule has 2 aromatic rings. The molecule has 0 radical (unpaired) electrons. The highest BCUT2D eigenvalue weighted by molar-refractivity contribution is 7.99. The molecule has 0 saturated carbocycles. The van der Waals surface area contributed by atoms with Crippen molar-refractivity contribution in [1.82, 2.24) is 0 Å². The summed E-state index contributed by atoms with van der Waals surface area (Å²) in [6.07, 6.45) is 2.00. The molecule has 3 rings (SSSR count). The van der Waals surface area contributed by atoms with Crippen molar-refractivity contribution in [3.63, 3.8) is 0 Å². The van der Waals surface area contributed by atoms with Crippen LogP contribution in [0.5, 0.6) is 0 Å². The van der Waals surface area contributed by atoms with Gasteiger partial charge in [0.05, 0.1) is 10.5 Å². The van der Waals surface area contributed by atoms with Crippen LogP contribution in [-0.4, -0.2) is 36.3 Å². The first-order chi connectivity index (χ1) is 13.1. The van der Waals surface area contributed by atoms with Gasteiger partial charge in [0.15, 0.2) is 0 Å². The van der Waals surface area contributed by atoms with Gasteiger partial charge in [-0.05, 0) is 37.1 Å². The molecule has 8 heteroatoms. The summed E-state index contributed by atoms with van der Waals surface area (Å²) >= 11 is 1.24. The smallest absolute Gasteiger partial charge is 0.338 e. The van der Waals surface area contributed by atoms with Gasteiger partial charge >= 0.3 is 5.97 Å². The Labute approximate surface area is 160 Å². The van der Waals surface area contributed by atoms with Crippen molar-refractivity contribution < 1.29 is 18.8 Å². The predicted molar refractivity (Wildman–Crippen MR) is 102 cm³/mol. The quantitative estimate of drug-likeness (QED) is 0.231. The van der Waals surface area contributed by atoms with Crippen LogP contribution in [0.4, 0.5) is 15.8 Å². The van der Waals surface area contributed by atoms with Gasteiger partial charge in [-0.3, -0.25) is 10.1 Å². The van der Waals surface area contributed by atoms with Crippen LogP contribution in [0.3, 0.4) is 0 Å². The first-order valence-corrected chi connectivity index (χ1v) is 9.62. The third kappa shape index (κ3) is 4.77. The van der Waals surface area contributed by atoms with Crippen LogP contribution in [0.1, 0.15) is 23.2 Å². The third-order valence-electron chi connectivity index (χ3n) is 4.27. The van der Waals surface area contributed by atoms with Crippen molar-refractivity contribution in [3.8, 4) is 0 Å². The van der Waals surface area contributed by atoms with E-state index in [-0.39, 0.29) is 23.7 Å². The van der Waals surface area contributed by atoms with Gasteiger partial charge in [-0.25, -0.2) is 9.18 Å². The number of hydrogen-bond acceptors (Lipinski definition) is 6. The summed E-state index contributed by atoms with van der Waals surface area (Å²) in [5.41, 5.74) is 0.580. The number of carbonyl (C=O) groups is 1. The summed E-state index contributed by atoms with van der Waals surface area (Å²) < 4.78 is 18.7. The second-order valence-corrected chi connectivity index (χ2v) is 7.21. The summed E-state index contributed by atoms with van der Waals surface area (Å²) in [5, 5.41) is 11.4. The van der Waals surface area contributed by atoms with E-state index in [1.165, 1.54) is 23.9 Å². The fourth-order valence-electron chi connectivity index (χ4n) is 2.95. The average Bonchev–Trinajstić information content (AvgIpc) is 3.20. The largest absolute Gasteiger partial charge is 0.461 e. The van der Waals surface area contributed by atoms with Crippen LogP contribution in [0.2, 0.25) is 0 Å². The molecule has 1 saturated heterocycles. The minimum atomic E-state index is -0.625. The molecule has 6 nitrogen and oxygen atoms in total. The molecule has 1 heterocycles. The number of benzene rings is 2. The molecule has 0 unspecified atom stereocenters. The van der Waals surface area contributed by atoms with Gasteiger partial charge in [0.25, 0.3) is 5.69 Å². The third-order valence-corrected chi connectivity index (χ3v) is 5.28. The second kappa shape index (κ2) is 8.85. The second-order valence-electron chi connectivity index (χ2n) is 6.07. The van der Waals surface area contributed by atoms with Crippen molar-refractivity contribution in [1.29, 1.82) is 0 Å². The lowest BCUT2D eigenvalue weighted by Gasteiger charge is -2.17. The molecule has 27 heavy (non-hydrogen) atoms. The summed E-state index contributed by atoms with van der Waals surface area (Å²) in [6.45, 7) is 1.63. The Morgan fingerprint density at radius 3 is 2.67 bits per heavy atom. The average molecular weight is 390 g/mol. The topological polar surface area (TPSA) is 72.7 Å². The van der Waals surface area contributed by atoms with Gasteiger partial charge in [0.2, 0.25) is 0 Å². The van der Waals surface area contributed by atoms with Gasteiger partial charge in [0, 0.05) is 29.8 Å². The van der Waals surface area contributed by atoms with E-state index in [1.807, 2.05) is 4.90 Å². The molecule has 0 aliphatic carbocycles. The Kier molecular flexibility index (Phi) is 6.28. The van der Waals surface area contributed by atoms with E-state index in [4.69, 9.17) is 4.74 Å². The Bertz CT molecular complexity index is 840. The highest BCUT2D eigenvalue weighted by Gasteiger charge is 2.24. The van der Waals surface area contributed by atoms with Crippen LogP contribution >= 0.6 is 11.8 Å².